The smallest absolute Gasteiger partial charge is 0.423 e. The van der Waals surface area contributed by atoms with Crippen molar-refractivity contribution in [2.75, 3.05) is 49.2 Å². The van der Waals surface area contributed by atoms with Crippen LogP contribution in [0.5, 0.6) is 11.5 Å². The third-order valence-electron chi connectivity index (χ3n) is 8.24. The Morgan fingerprint density at radius 3 is 2.62 bits per heavy atom. The molecule has 0 bridgehead atoms. The number of benzene rings is 1. The lowest BCUT2D eigenvalue weighted by atomic mass is 10.1. The normalized spacial score (nSPS) is 20.3. The maximum Gasteiger partial charge on any atom is 0.423 e. The molecule has 45 heavy (non-hydrogen) atoms. The Hall–Kier alpha value is -4.50. The van der Waals surface area contributed by atoms with E-state index in [1.165, 1.54) is 4.90 Å². The number of H-pyrrole nitrogens is 1. The van der Waals surface area contributed by atoms with Crippen molar-refractivity contribution in [1.29, 1.82) is 0 Å². The third kappa shape index (κ3) is 6.22. The van der Waals surface area contributed by atoms with Crippen molar-refractivity contribution < 1.29 is 40.6 Å². The monoisotopic (exact) mass is 638 g/mol. The lowest BCUT2D eigenvalue weighted by Crippen LogP contribution is -2.55. The second-order valence-corrected chi connectivity index (χ2v) is 11.1. The zero-order valence-corrected chi connectivity index (χ0v) is 23.7. The van der Waals surface area contributed by atoms with Gasteiger partial charge in [-0.25, -0.2) is 10.1 Å². The van der Waals surface area contributed by atoms with Crippen LogP contribution in [-0.2, 0) is 12.4 Å². The third-order valence-corrected chi connectivity index (χ3v) is 8.24. The van der Waals surface area contributed by atoms with Crippen molar-refractivity contribution in [2.45, 2.75) is 43.7 Å². The summed E-state index contributed by atoms with van der Waals surface area (Å²) in [6, 6.07) is 6.76. The minimum absolute atomic E-state index is 0.0188. The van der Waals surface area contributed by atoms with Crippen LogP contribution in [-0.4, -0.2) is 77.5 Å². The first-order valence-corrected chi connectivity index (χ1v) is 14.3. The summed E-state index contributed by atoms with van der Waals surface area (Å²) < 4.78 is 92.1. The van der Waals surface area contributed by atoms with Gasteiger partial charge in [0, 0.05) is 44.4 Å². The van der Waals surface area contributed by atoms with Crippen LogP contribution in [0.25, 0.3) is 0 Å². The summed E-state index contributed by atoms with van der Waals surface area (Å²) in [5.74, 6) is 0.459. The van der Waals surface area contributed by atoms with E-state index in [0.717, 1.165) is 18.5 Å². The van der Waals surface area contributed by atoms with Crippen LogP contribution < -0.4 is 24.8 Å². The molecular weight excluding hydrogens is 610 g/mol. The standard InChI is InChI=1S/C29H28F6N6O4/c30-28(31,32)18-12-23-25(36-13-18)41-9-8-39(15-19(41)6-10-44-23)27(43)17-3-1-5-21(11-17)45-16-20-4-2-7-40(20)22-14-37-38-26(42)24(22)29(33,34)35/h1,3,5,11-14,19-20H,2,4,6-10,15-16H2,(H,38,42). The van der Waals surface area contributed by atoms with Crippen LogP contribution in [0.1, 0.15) is 40.7 Å². The lowest BCUT2D eigenvalue weighted by Gasteiger charge is -2.41. The Labute approximate surface area is 252 Å². The molecule has 3 aliphatic heterocycles. The number of carbonyl (C=O) groups is 1. The number of alkyl halides is 6. The molecule has 0 radical (unpaired) electrons. The second-order valence-electron chi connectivity index (χ2n) is 11.1. The molecule has 240 valence electrons. The maximum atomic E-state index is 13.7. The molecule has 0 saturated carbocycles. The van der Waals surface area contributed by atoms with Crippen LogP contribution in [0.3, 0.4) is 0 Å². The van der Waals surface area contributed by atoms with Crippen molar-refractivity contribution in [3.63, 3.8) is 0 Å². The number of amides is 1. The molecular formula is C29H28F6N6O4. The highest BCUT2D eigenvalue weighted by molar-refractivity contribution is 5.94. The quantitative estimate of drug-likeness (QED) is 0.412. The number of pyridine rings is 1. The summed E-state index contributed by atoms with van der Waals surface area (Å²) in [5, 5.41) is 5.42. The predicted octanol–water partition coefficient (Wildman–Crippen LogP) is 4.36. The van der Waals surface area contributed by atoms with Gasteiger partial charge in [0.15, 0.2) is 11.6 Å². The Morgan fingerprint density at radius 1 is 1.02 bits per heavy atom. The number of halogens is 6. The van der Waals surface area contributed by atoms with E-state index in [1.54, 1.807) is 29.2 Å². The van der Waals surface area contributed by atoms with Gasteiger partial charge in [-0.3, -0.25) is 9.59 Å². The van der Waals surface area contributed by atoms with E-state index in [1.807, 2.05) is 10.00 Å². The summed E-state index contributed by atoms with van der Waals surface area (Å²) in [7, 11) is 0. The molecule has 2 fully saturated rings. The van der Waals surface area contributed by atoms with Crippen molar-refractivity contribution in [3.8, 4) is 11.5 Å². The fourth-order valence-corrected chi connectivity index (χ4v) is 6.09. The Bertz CT molecular complexity index is 1630. The number of hydrogen-bond donors (Lipinski definition) is 1. The molecule has 0 aliphatic carbocycles. The van der Waals surface area contributed by atoms with E-state index < -0.39 is 35.1 Å². The lowest BCUT2D eigenvalue weighted by molar-refractivity contribution is -0.139. The maximum absolute atomic E-state index is 13.7. The predicted molar refractivity (Wildman–Crippen MR) is 149 cm³/mol. The average molecular weight is 639 g/mol. The number of nitrogens with one attached hydrogen (secondary N) is 1. The Morgan fingerprint density at radius 2 is 1.84 bits per heavy atom. The molecule has 2 aromatic heterocycles. The van der Waals surface area contributed by atoms with Crippen LogP contribution in [0.15, 0.2) is 47.5 Å². The van der Waals surface area contributed by atoms with E-state index in [9.17, 15) is 35.9 Å². The van der Waals surface area contributed by atoms with Gasteiger partial charge < -0.3 is 24.2 Å². The van der Waals surface area contributed by atoms with E-state index in [4.69, 9.17) is 9.47 Å². The molecule has 3 aromatic rings. The summed E-state index contributed by atoms with van der Waals surface area (Å²) in [6.45, 7) is 1.42. The fourth-order valence-electron chi connectivity index (χ4n) is 6.09. The number of fused-ring (bicyclic) bond motifs is 3. The van der Waals surface area contributed by atoms with Crippen LogP contribution in [0.2, 0.25) is 0 Å². The van der Waals surface area contributed by atoms with E-state index >= 15 is 0 Å². The van der Waals surface area contributed by atoms with Gasteiger partial charge >= 0.3 is 12.4 Å². The summed E-state index contributed by atoms with van der Waals surface area (Å²) in [5.41, 5.74) is -3.47. The molecule has 2 unspecified atom stereocenters. The first-order valence-electron chi connectivity index (χ1n) is 14.3. The molecule has 0 spiro atoms. The first-order chi connectivity index (χ1) is 21.4. The average Bonchev–Trinajstić information content (AvgIpc) is 3.39. The van der Waals surface area contributed by atoms with Crippen LogP contribution in [0.4, 0.5) is 37.8 Å². The topological polar surface area (TPSA) is 104 Å². The minimum Gasteiger partial charge on any atom is -0.491 e. The van der Waals surface area contributed by atoms with E-state index in [2.05, 4.69) is 10.1 Å². The molecule has 16 heteroatoms. The van der Waals surface area contributed by atoms with Crippen molar-refractivity contribution in [3.05, 3.63) is 69.8 Å². The molecule has 6 rings (SSSR count). The van der Waals surface area contributed by atoms with Crippen LogP contribution >= 0.6 is 0 Å². The summed E-state index contributed by atoms with van der Waals surface area (Å²) >= 11 is 0. The largest absolute Gasteiger partial charge is 0.491 e. The van der Waals surface area contributed by atoms with Gasteiger partial charge in [0.1, 0.15) is 17.9 Å². The van der Waals surface area contributed by atoms with Gasteiger partial charge in [-0.15, -0.1) is 0 Å². The SMILES string of the molecule is O=C(c1cccc(OCC2CCCN2c2cn[nH]c(=O)c2C(F)(F)F)c1)N1CCN2c3ncc(C(F)(F)F)cc3OCCC2C1. The highest BCUT2D eigenvalue weighted by atomic mass is 19.4. The molecule has 2 atom stereocenters. The number of hydrogen-bond acceptors (Lipinski definition) is 8. The molecule has 1 N–H and O–H groups in total. The zero-order chi connectivity index (χ0) is 31.9. The van der Waals surface area contributed by atoms with Crippen molar-refractivity contribution in [2.24, 2.45) is 0 Å². The summed E-state index contributed by atoms with van der Waals surface area (Å²) in [6.07, 6.45) is -6.03. The minimum atomic E-state index is -4.86. The fraction of sp³-hybridized carbons (Fsp3) is 0.448. The van der Waals surface area contributed by atoms with Crippen molar-refractivity contribution in [1.82, 2.24) is 20.1 Å². The Kier molecular flexibility index (Phi) is 7.99. The Balaban J connectivity index is 1.12. The highest BCUT2D eigenvalue weighted by Gasteiger charge is 2.41. The molecule has 1 amide bonds. The number of aromatic nitrogens is 3. The number of carbonyl (C=O) groups excluding carboxylic acids is 1. The number of piperazine rings is 1. The highest BCUT2D eigenvalue weighted by Crippen LogP contribution is 2.39. The second kappa shape index (κ2) is 11.8. The summed E-state index contributed by atoms with van der Waals surface area (Å²) in [4.78, 5) is 34.5. The number of aromatic amines is 1. The van der Waals surface area contributed by atoms with E-state index in [0.29, 0.717) is 62.6 Å². The van der Waals surface area contributed by atoms with E-state index in [-0.39, 0.29) is 36.6 Å². The van der Waals surface area contributed by atoms with Gasteiger partial charge in [-0.05, 0) is 37.1 Å². The number of anilines is 2. The molecule has 5 heterocycles. The van der Waals surface area contributed by atoms with Gasteiger partial charge in [-0.2, -0.15) is 31.4 Å². The molecule has 10 nitrogen and oxygen atoms in total. The molecule has 2 saturated heterocycles. The van der Waals surface area contributed by atoms with Gasteiger partial charge in [0.25, 0.3) is 11.5 Å². The van der Waals surface area contributed by atoms with Crippen LogP contribution in [0, 0.1) is 0 Å². The van der Waals surface area contributed by atoms with Gasteiger partial charge in [0.05, 0.1) is 36.1 Å². The van der Waals surface area contributed by atoms with Crippen molar-refractivity contribution >= 4 is 17.4 Å². The first kappa shape index (κ1) is 30.5. The molecule has 1 aromatic carbocycles. The number of rotatable bonds is 5. The number of nitrogens with zero attached hydrogens (tertiary/aromatic N) is 5. The van der Waals surface area contributed by atoms with Gasteiger partial charge in [0.2, 0.25) is 0 Å². The number of ether oxygens (including phenoxy) is 2. The molecule has 3 aliphatic rings. The zero-order valence-electron chi connectivity index (χ0n) is 23.7. The van der Waals surface area contributed by atoms with Gasteiger partial charge in [-0.1, -0.05) is 6.07 Å².